The Kier molecular flexibility index (Phi) is 20.6. The van der Waals surface area contributed by atoms with Gasteiger partial charge in [-0.15, -0.1) is 0 Å². The average Bonchev–Trinajstić information content (AvgIpc) is 2.84. The van der Waals surface area contributed by atoms with Crippen LogP contribution in [0, 0.1) is 0 Å². The highest BCUT2D eigenvalue weighted by atomic mass is 32.2. The summed E-state index contributed by atoms with van der Waals surface area (Å²) in [6, 6.07) is -1.41. The van der Waals surface area contributed by atoms with E-state index in [0.29, 0.717) is 50.4 Å². The Labute approximate surface area is 250 Å². The smallest absolute Gasteiger partial charge is 0.329 e. The summed E-state index contributed by atoms with van der Waals surface area (Å²) < 4.78 is 5.50. The molecule has 236 valence electrons. The molecule has 0 aliphatic heterocycles. The number of carboxylic acid groups (broad SMARTS) is 1. The third-order valence-corrected chi connectivity index (χ3v) is 6.87. The SMILES string of the molecule is CC(N)=NCCCCC(N=C(C)CCCSCCCC(=O)NC(CCCCN=C(C)N)C(=O)OC(C)(C)C)C(=O)O. The molecule has 12 heteroatoms. The molecule has 11 nitrogen and oxygen atoms in total. The first-order valence-electron chi connectivity index (χ1n) is 14.6. The van der Waals surface area contributed by atoms with Crippen molar-refractivity contribution in [3.05, 3.63) is 0 Å². The Morgan fingerprint density at radius 1 is 0.854 bits per heavy atom. The van der Waals surface area contributed by atoms with Crippen LogP contribution in [0.2, 0.25) is 0 Å². The maximum atomic E-state index is 12.6. The van der Waals surface area contributed by atoms with Crippen molar-refractivity contribution >= 4 is 47.0 Å². The molecule has 0 saturated heterocycles. The second kappa shape index (κ2) is 22.0. The van der Waals surface area contributed by atoms with Crippen molar-refractivity contribution in [3.8, 4) is 0 Å². The number of nitrogens with two attached hydrogens (primary N) is 2. The molecule has 2 unspecified atom stereocenters. The maximum Gasteiger partial charge on any atom is 0.329 e. The number of carboxylic acids is 1. The molecule has 0 bridgehead atoms. The van der Waals surface area contributed by atoms with Gasteiger partial charge in [0.2, 0.25) is 5.91 Å². The number of rotatable bonds is 22. The number of unbranched alkanes of at least 4 members (excludes halogenated alkanes) is 2. The average molecular weight is 599 g/mol. The zero-order valence-electron chi connectivity index (χ0n) is 26.0. The lowest BCUT2D eigenvalue weighted by Crippen LogP contribution is -2.44. The highest BCUT2D eigenvalue weighted by Gasteiger charge is 2.26. The number of ether oxygens (including phenoxy) is 1. The first-order chi connectivity index (χ1) is 19.2. The summed E-state index contributed by atoms with van der Waals surface area (Å²) in [7, 11) is 0. The van der Waals surface area contributed by atoms with Crippen LogP contribution in [0.4, 0.5) is 0 Å². The number of esters is 1. The molecule has 0 aliphatic carbocycles. The van der Waals surface area contributed by atoms with Crippen molar-refractivity contribution < 1.29 is 24.2 Å². The number of nitrogens with zero attached hydrogens (tertiary/aromatic N) is 3. The number of amides is 1. The third-order valence-electron chi connectivity index (χ3n) is 5.72. The Bertz CT molecular complexity index is 877. The van der Waals surface area contributed by atoms with E-state index in [-0.39, 0.29) is 5.91 Å². The molecule has 41 heavy (non-hydrogen) atoms. The molecular formula is C29H54N6O5S. The van der Waals surface area contributed by atoms with Crippen LogP contribution in [-0.4, -0.2) is 82.6 Å². The molecule has 0 spiro atoms. The summed E-state index contributed by atoms with van der Waals surface area (Å²) in [6.45, 7) is 12.0. The molecule has 6 N–H and O–H groups in total. The fourth-order valence-electron chi connectivity index (χ4n) is 3.75. The summed E-state index contributed by atoms with van der Waals surface area (Å²) in [4.78, 5) is 49.4. The van der Waals surface area contributed by atoms with Gasteiger partial charge in [-0.1, -0.05) is 0 Å². The second-order valence-electron chi connectivity index (χ2n) is 11.2. The van der Waals surface area contributed by atoms with Gasteiger partial charge in [-0.25, -0.2) is 9.59 Å². The summed E-state index contributed by atoms with van der Waals surface area (Å²) in [5.41, 5.74) is 11.3. The van der Waals surface area contributed by atoms with Gasteiger partial charge in [-0.05, 0) is 111 Å². The van der Waals surface area contributed by atoms with Crippen molar-refractivity contribution in [1.29, 1.82) is 0 Å². The largest absolute Gasteiger partial charge is 0.480 e. The van der Waals surface area contributed by atoms with Gasteiger partial charge in [-0.2, -0.15) is 11.8 Å². The van der Waals surface area contributed by atoms with Crippen molar-refractivity contribution in [2.45, 2.75) is 123 Å². The Morgan fingerprint density at radius 2 is 1.39 bits per heavy atom. The molecule has 1 amide bonds. The van der Waals surface area contributed by atoms with Crippen LogP contribution in [0.25, 0.3) is 0 Å². The molecule has 0 aromatic heterocycles. The van der Waals surface area contributed by atoms with E-state index in [0.717, 1.165) is 55.7 Å². The van der Waals surface area contributed by atoms with Gasteiger partial charge in [0, 0.05) is 25.2 Å². The van der Waals surface area contributed by atoms with Crippen molar-refractivity contribution in [1.82, 2.24) is 5.32 Å². The van der Waals surface area contributed by atoms with Crippen LogP contribution in [-0.2, 0) is 19.1 Å². The number of nitrogens with one attached hydrogen (secondary N) is 1. The number of hydrogen-bond acceptors (Lipinski definition) is 8. The van der Waals surface area contributed by atoms with E-state index in [1.807, 2.05) is 6.92 Å². The van der Waals surface area contributed by atoms with Gasteiger partial charge in [0.05, 0.1) is 11.7 Å². The predicted octanol–water partition coefficient (Wildman–Crippen LogP) is 4.12. The fraction of sp³-hybridized carbons (Fsp3) is 0.793. The van der Waals surface area contributed by atoms with Gasteiger partial charge >= 0.3 is 11.9 Å². The zero-order chi connectivity index (χ0) is 31.3. The topological polar surface area (TPSA) is 182 Å². The van der Waals surface area contributed by atoms with E-state index in [4.69, 9.17) is 16.2 Å². The zero-order valence-corrected chi connectivity index (χ0v) is 26.9. The second-order valence-corrected chi connectivity index (χ2v) is 12.5. The highest BCUT2D eigenvalue weighted by Crippen LogP contribution is 2.14. The van der Waals surface area contributed by atoms with Crippen molar-refractivity contribution in [2.75, 3.05) is 24.6 Å². The number of aliphatic carboxylic acids is 1. The molecule has 0 fully saturated rings. The van der Waals surface area contributed by atoms with Crippen molar-refractivity contribution in [2.24, 2.45) is 26.4 Å². The van der Waals surface area contributed by atoms with E-state index in [1.54, 1.807) is 46.4 Å². The number of hydrogen-bond donors (Lipinski definition) is 4. The molecule has 0 heterocycles. The van der Waals surface area contributed by atoms with Gasteiger partial charge in [0.15, 0.2) is 0 Å². The summed E-state index contributed by atoms with van der Waals surface area (Å²) >= 11 is 1.75. The number of carbonyl (C=O) groups is 3. The number of carbonyl (C=O) groups excluding carboxylic acids is 2. The minimum Gasteiger partial charge on any atom is -0.480 e. The Morgan fingerprint density at radius 3 is 1.90 bits per heavy atom. The summed E-state index contributed by atoms with van der Waals surface area (Å²) in [6.07, 6.45) is 6.63. The van der Waals surface area contributed by atoms with Crippen LogP contribution in [0.5, 0.6) is 0 Å². The standard InChI is InChI=1S/C29H54N6O5S/c1-21(34-24(27(37)38)14-7-9-17-32-22(2)30)13-11-19-41-20-12-16-26(36)35-25(28(39)40-29(4,5)6)15-8-10-18-33-23(3)31/h24-25H,7-20H2,1-6H3,(H2,30,32)(H2,31,33)(H,35,36)(H,37,38). The highest BCUT2D eigenvalue weighted by molar-refractivity contribution is 7.99. The van der Waals surface area contributed by atoms with Crippen LogP contribution in [0.3, 0.4) is 0 Å². The molecule has 0 saturated carbocycles. The first kappa shape index (κ1) is 38.4. The predicted molar refractivity (Wildman–Crippen MR) is 170 cm³/mol. The van der Waals surface area contributed by atoms with Crippen LogP contribution >= 0.6 is 11.8 Å². The minimum absolute atomic E-state index is 0.162. The normalized spacial score (nSPS) is 14.4. The lowest BCUT2D eigenvalue weighted by Gasteiger charge is -2.24. The Balaban J connectivity index is 4.39. The fourth-order valence-corrected chi connectivity index (χ4v) is 4.65. The molecular weight excluding hydrogens is 544 g/mol. The van der Waals surface area contributed by atoms with E-state index >= 15 is 0 Å². The molecule has 0 aromatic rings. The minimum atomic E-state index is -0.903. The monoisotopic (exact) mass is 598 g/mol. The number of aliphatic imine (C=N–C) groups is 3. The molecule has 2 atom stereocenters. The third kappa shape index (κ3) is 23.7. The molecule has 0 aromatic carbocycles. The van der Waals surface area contributed by atoms with Gasteiger partial charge in [-0.3, -0.25) is 19.8 Å². The first-order valence-corrected chi connectivity index (χ1v) is 15.8. The van der Waals surface area contributed by atoms with Gasteiger partial charge in [0.1, 0.15) is 17.7 Å². The quantitative estimate of drug-likeness (QED) is 0.0621. The van der Waals surface area contributed by atoms with Crippen molar-refractivity contribution in [3.63, 3.8) is 0 Å². The Hall–Kier alpha value is -2.63. The number of amidine groups is 2. The lowest BCUT2D eigenvalue weighted by atomic mass is 10.1. The molecule has 0 rings (SSSR count). The molecule has 0 aliphatic rings. The van der Waals surface area contributed by atoms with Crippen LogP contribution in [0.1, 0.15) is 106 Å². The van der Waals surface area contributed by atoms with E-state index in [2.05, 4.69) is 20.3 Å². The summed E-state index contributed by atoms with van der Waals surface area (Å²) in [5, 5.41) is 12.3. The van der Waals surface area contributed by atoms with E-state index in [1.165, 1.54) is 0 Å². The van der Waals surface area contributed by atoms with E-state index in [9.17, 15) is 19.5 Å². The van der Waals surface area contributed by atoms with Gasteiger partial charge < -0.3 is 26.6 Å². The van der Waals surface area contributed by atoms with Crippen LogP contribution < -0.4 is 16.8 Å². The van der Waals surface area contributed by atoms with E-state index < -0.39 is 29.6 Å². The maximum absolute atomic E-state index is 12.6. The number of thioether (sulfide) groups is 1. The molecule has 0 radical (unpaired) electrons. The van der Waals surface area contributed by atoms with Gasteiger partial charge in [0.25, 0.3) is 0 Å². The lowest BCUT2D eigenvalue weighted by molar-refractivity contribution is -0.159. The van der Waals surface area contributed by atoms with Crippen LogP contribution in [0.15, 0.2) is 15.0 Å². The summed E-state index contributed by atoms with van der Waals surface area (Å²) in [5.74, 6) is 1.30.